The third-order valence-corrected chi connectivity index (χ3v) is 5.75. The van der Waals surface area contributed by atoms with Crippen molar-refractivity contribution in [3.63, 3.8) is 0 Å². The van der Waals surface area contributed by atoms with Crippen LogP contribution in [0.5, 0.6) is 11.5 Å². The second-order valence-corrected chi connectivity index (χ2v) is 8.15. The molecule has 0 aliphatic carbocycles. The number of methoxy groups -OCH3 is 1. The number of hydrogen-bond donors (Lipinski definition) is 1. The standard InChI is InChI=1S/C26H21FN2O5S/c1-32-23-13-18(7-12-22(23)33-15-24(30)28-20-10-8-19(27)9-11-20)26(31)34-14-21-16-35-25(29-21)17-5-3-2-4-6-17/h2-13,16H,14-15H2,1H3,(H,28,30). The Morgan fingerprint density at radius 2 is 1.77 bits per heavy atom. The molecular formula is C26H21FN2O5S. The van der Waals surface area contributed by atoms with Crippen molar-refractivity contribution in [1.82, 2.24) is 4.98 Å². The first-order valence-electron chi connectivity index (χ1n) is 10.5. The van der Waals surface area contributed by atoms with Gasteiger partial charge in [-0.3, -0.25) is 4.79 Å². The minimum absolute atomic E-state index is 0.0340. The lowest BCUT2D eigenvalue weighted by Crippen LogP contribution is -2.20. The van der Waals surface area contributed by atoms with Gasteiger partial charge in [0.2, 0.25) is 0 Å². The first-order chi connectivity index (χ1) is 17.0. The van der Waals surface area contributed by atoms with Crippen LogP contribution in [0.3, 0.4) is 0 Å². The number of thiazole rings is 1. The second-order valence-electron chi connectivity index (χ2n) is 7.30. The van der Waals surface area contributed by atoms with Crippen molar-refractivity contribution < 1.29 is 28.2 Å². The van der Waals surface area contributed by atoms with Gasteiger partial charge in [0, 0.05) is 16.6 Å². The Balaban J connectivity index is 1.32. The molecule has 4 aromatic rings. The largest absolute Gasteiger partial charge is 0.493 e. The van der Waals surface area contributed by atoms with Crippen LogP contribution >= 0.6 is 11.3 Å². The Hall–Kier alpha value is -4.24. The molecule has 0 radical (unpaired) electrons. The van der Waals surface area contributed by atoms with Crippen LogP contribution in [0.25, 0.3) is 10.6 Å². The van der Waals surface area contributed by atoms with Crippen LogP contribution in [-0.4, -0.2) is 30.6 Å². The Morgan fingerprint density at radius 1 is 1.00 bits per heavy atom. The number of rotatable bonds is 9. The molecule has 0 aliphatic heterocycles. The first kappa shape index (κ1) is 23.9. The Labute approximate surface area is 205 Å². The highest BCUT2D eigenvalue weighted by molar-refractivity contribution is 7.13. The summed E-state index contributed by atoms with van der Waals surface area (Å²) in [5.74, 6) is -0.816. The molecule has 0 fully saturated rings. The fraction of sp³-hybridized carbons (Fsp3) is 0.115. The summed E-state index contributed by atoms with van der Waals surface area (Å²) in [6.45, 7) is -0.266. The Kier molecular flexibility index (Phi) is 7.69. The van der Waals surface area contributed by atoms with Crippen LogP contribution in [0.4, 0.5) is 10.1 Å². The zero-order valence-corrected chi connectivity index (χ0v) is 19.5. The monoisotopic (exact) mass is 492 g/mol. The quantitative estimate of drug-likeness (QED) is 0.318. The van der Waals surface area contributed by atoms with Gasteiger partial charge in [-0.2, -0.15) is 0 Å². The van der Waals surface area contributed by atoms with Crippen molar-refractivity contribution in [2.24, 2.45) is 0 Å². The zero-order chi connectivity index (χ0) is 24.6. The highest BCUT2D eigenvalue weighted by atomic mass is 32.1. The molecule has 0 unspecified atom stereocenters. The summed E-state index contributed by atoms with van der Waals surface area (Å²) in [4.78, 5) is 29.2. The fourth-order valence-corrected chi connectivity index (χ4v) is 3.91. The van der Waals surface area contributed by atoms with E-state index in [9.17, 15) is 14.0 Å². The third-order valence-electron chi connectivity index (χ3n) is 4.81. The number of hydrogen-bond acceptors (Lipinski definition) is 7. The van der Waals surface area contributed by atoms with Gasteiger partial charge >= 0.3 is 5.97 Å². The molecule has 35 heavy (non-hydrogen) atoms. The maximum Gasteiger partial charge on any atom is 0.338 e. The van der Waals surface area contributed by atoms with Crippen molar-refractivity contribution in [3.05, 3.63) is 95.3 Å². The molecule has 7 nitrogen and oxygen atoms in total. The summed E-state index contributed by atoms with van der Waals surface area (Å²) in [6, 6.07) is 19.7. The van der Waals surface area contributed by atoms with Gasteiger partial charge in [0.1, 0.15) is 17.4 Å². The summed E-state index contributed by atoms with van der Waals surface area (Å²) in [5.41, 5.74) is 2.37. The van der Waals surface area contributed by atoms with Crippen LogP contribution in [0.15, 0.2) is 78.2 Å². The number of esters is 1. The van der Waals surface area contributed by atoms with Crippen LogP contribution in [0.1, 0.15) is 16.1 Å². The molecule has 1 heterocycles. The summed E-state index contributed by atoms with van der Waals surface area (Å²) in [6.07, 6.45) is 0. The molecule has 4 rings (SSSR count). The van der Waals surface area contributed by atoms with Crippen LogP contribution in [-0.2, 0) is 16.1 Å². The van der Waals surface area contributed by atoms with E-state index in [0.717, 1.165) is 10.6 Å². The second kappa shape index (κ2) is 11.3. The number of halogens is 1. The molecule has 0 aliphatic rings. The van der Waals surface area contributed by atoms with Gasteiger partial charge < -0.3 is 19.5 Å². The van der Waals surface area contributed by atoms with E-state index in [0.29, 0.717) is 11.4 Å². The topological polar surface area (TPSA) is 86.8 Å². The minimum Gasteiger partial charge on any atom is -0.493 e. The summed E-state index contributed by atoms with van der Waals surface area (Å²) in [5, 5.41) is 5.30. The smallest absolute Gasteiger partial charge is 0.338 e. The predicted molar refractivity (Wildman–Crippen MR) is 130 cm³/mol. The van der Waals surface area contributed by atoms with Gasteiger partial charge in [-0.15, -0.1) is 11.3 Å². The van der Waals surface area contributed by atoms with Gasteiger partial charge in [-0.05, 0) is 42.5 Å². The third kappa shape index (κ3) is 6.42. The number of amides is 1. The minimum atomic E-state index is -0.543. The lowest BCUT2D eigenvalue weighted by Gasteiger charge is -2.12. The lowest BCUT2D eigenvalue weighted by molar-refractivity contribution is -0.118. The van der Waals surface area contributed by atoms with Crippen molar-refractivity contribution in [2.45, 2.75) is 6.61 Å². The molecular weight excluding hydrogens is 471 g/mol. The number of carbonyl (C=O) groups is 2. The van der Waals surface area contributed by atoms with Crippen molar-refractivity contribution in [1.29, 1.82) is 0 Å². The average Bonchev–Trinajstić information content (AvgIpc) is 3.37. The number of benzene rings is 3. The summed E-state index contributed by atoms with van der Waals surface area (Å²) >= 11 is 1.48. The highest BCUT2D eigenvalue weighted by Gasteiger charge is 2.15. The van der Waals surface area contributed by atoms with Crippen LogP contribution < -0.4 is 14.8 Å². The molecule has 1 aromatic heterocycles. The van der Waals surface area contributed by atoms with Crippen molar-refractivity contribution in [2.75, 3.05) is 19.0 Å². The SMILES string of the molecule is COc1cc(C(=O)OCc2csc(-c3ccccc3)n2)ccc1OCC(=O)Nc1ccc(F)cc1. The van der Waals surface area contributed by atoms with Gasteiger partial charge in [-0.1, -0.05) is 30.3 Å². The summed E-state index contributed by atoms with van der Waals surface area (Å²) in [7, 11) is 1.43. The van der Waals surface area contributed by atoms with E-state index in [1.165, 1.54) is 60.9 Å². The normalized spacial score (nSPS) is 10.5. The molecule has 1 amide bonds. The Morgan fingerprint density at radius 3 is 2.51 bits per heavy atom. The van der Waals surface area contributed by atoms with E-state index in [-0.39, 0.29) is 30.3 Å². The molecule has 0 bridgehead atoms. The number of aromatic nitrogens is 1. The van der Waals surface area contributed by atoms with E-state index >= 15 is 0 Å². The lowest BCUT2D eigenvalue weighted by atomic mass is 10.2. The van der Waals surface area contributed by atoms with E-state index in [1.54, 1.807) is 0 Å². The van der Waals surface area contributed by atoms with Gasteiger partial charge in [-0.25, -0.2) is 14.2 Å². The number of nitrogens with zero attached hydrogens (tertiary/aromatic N) is 1. The zero-order valence-electron chi connectivity index (χ0n) is 18.7. The number of ether oxygens (including phenoxy) is 3. The number of carbonyl (C=O) groups excluding carboxylic acids is 2. The van der Waals surface area contributed by atoms with E-state index < -0.39 is 17.7 Å². The maximum atomic E-state index is 13.0. The van der Waals surface area contributed by atoms with Gasteiger partial charge in [0.25, 0.3) is 5.91 Å². The first-order valence-corrected chi connectivity index (χ1v) is 11.4. The van der Waals surface area contributed by atoms with Crippen molar-refractivity contribution >= 4 is 28.9 Å². The van der Waals surface area contributed by atoms with Crippen molar-refractivity contribution in [3.8, 4) is 22.1 Å². The molecule has 178 valence electrons. The van der Waals surface area contributed by atoms with Gasteiger partial charge in [0.05, 0.1) is 18.4 Å². The Bertz CT molecular complexity index is 1310. The number of nitrogens with one attached hydrogen (secondary N) is 1. The summed E-state index contributed by atoms with van der Waals surface area (Å²) < 4.78 is 29.2. The highest BCUT2D eigenvalue weighted by Crippen LogP contribution is 2.29. The molecule has 3 aromatic carbocycles. The number of anilines is 1. The fourth-order valence-electron chi connectivity index (χ4n) is 3.10. The molecule has 0 atom stereocenters. The molecule has 0 saturated heterocycles. The molecule has 0 saturated carbocycles. The van der Waals surface area contributed by atoms with E-state index in [2.05, 4.69) is 10.3 Å². The van der Waals surface area contributed by atoms with Crippen LogP contribution in [0.2, 0.25) is 0 Å². The van der Waals surface area contributed by atoms with E-state index in [1.807, 2.05) is 35.7 Å². The average molecular weight is 493 g/mol. The molecule has 0 spiro atoms. The van der Waals surface area contributed by atoms with E-state index in [4.69, 9.17) is 14.2 Å². The van der Waals surface area contributed by atoms with Crippen LogP contribution in [0, 0.1) is 5.82 Å². The maximum absolute atomic E-state index is 13.0. The molecule has 9 heteroatoms. The van der Waals surface area contributed by atoms with Gasteiger partial charge in [0.15, 0.2) is 18.1 Å². The predicted octanol–water partition coefficient (Wildman–Crippen LogP) is 5.33. The molecule has 1 N–H and O–H groups in total.